The van der Waals surface area contributed by atoms with Crippen molar-refractivity contribution in [1.82, 2.24) is 0 Å². The molecule has 0 fully saturated rings. The number of carbonyl (C=O) groups is 1. The van der Waals surface area contributed by atoms with Gasteiger partial charge in [0.05, 0.1) is 6.54 Å². The van der Waals surface area contributed by atoms with Crippen molar-refractivity contribution in [1.29, 1.82) is 0 Å². The first-order chi connectivity index (χ1) is 6.27. The summed E-state index contributed by atoms with van der Waals surface area (Å²) in [6, 6.07) is 3.99. The van der Waals surface area contributed by atoms with E-state index in [1.54, 1.807) is 17.4 Å². The Morgan fingerprint density at radius 2 is 2.46 bits per heavy atom. The lowest BCUT2D eigenvalue weighted by molar-refractivity contribution is -0.111. The second-order valence-corrected chi connectivity index (χ2v) is 3.66. The Bertz CT molecular complexity index is 390. The number of aliphatic imine (C=N–C) groups is 1. The fraction of sp³-hybridized carbons (Fsp3) is 0.111. The van der Waals surface area contributed by atoms with E-state index in [0.29, 0.717) is 12.3 Å². The lowest BCUT2D eigenvalue weighted by atomic mass is 10.2. The summed E-state index contributed by atoms with van der Waals surface area (Å²) in [4.78, 5) is 15.9. The van der Waals surface area contributed by atoms with Gasteiger partial charge in [0.15, 0.2) is 0 Å². The fourth-order valence-electron chi connectivity index (χ4n) is 1.19. The molecule has 2 N–H and O–H groups in total. The van der Waals surface area contributed by atoms with Crippen molar-refractivity contribution in [2.24, 2.45) is 10.7 Å². The van der Waals surface area contributed by atoms with Gasteiger partial charge in [-0.15, -0.1) is 11.3 Å². The summed E-state index contributed by atoms with van der Waals surface area (Å²) >= 11 is 1.64. The molecule has 1 aromatic heterocycles. The summed E-state index contributed by atoms with van der Waals surface area (Å²) in [6.07, 6.45) is 1.76. The molecule has 0 atom stereocenters. The average Bonchev–Trinajstić information content (AvgIpc) is 2.75. The van der Waals surface area contributed by atoms with Gasteiger partial charge in [-0.2, -0.15) is 0 Å². The van der Waals surface area contributed by atoms with E-state index < -0.39 is 5.91 Å². The normalized spacial score (nSPS) is 15.4. The summed E-state index contributed by atoms with van der Waals surface area (Å²) < 4.78 is 0. The van der Waals surface area contributed by atoms with Crippen LogP contribution in [0.15, 0.2) is 28.6 Å². The highest BCUT2D eigenvalue weighted by Gasteiger charge is 2.13. The SMILES string of the molecule is NC(=O)C1=NCC(c2cccs2)=C1. The van der Waals surface area contributed by atoms with Crippen molar-refractivity contribution < 1.29 is 4.79 Å². The van der Waals surface area contributed by atoms with Crippen molar-refractivity contribution in [3.8, 4) is 0 Å². The highest BCUT2D eigenvalue weighted by Crippen LogP contribution is 2.23. The first kappa shape index (κ1) is 8.19. The zero-order valence-electron chi connectivity index (χ0n) is 6.86. The first-order valence-electron chi connectivity index (χ1n) is 3.86. The number of thiophene rings is 1. The summed E-state index contributed by atoms with van der Waals surface area (Å²) in [5.41, 5.74) is 6.55. The van der Waals surface area contributed by atoms with E-state index in [2.05, 4.69) is 4.99 Å². The lowest BCUT2D eigenvalue weighted by Crippen LogP contribution is -2.20. The molecule has 0 saturated heterocycles. The van der Waals surface area contributed by atoms with Crippen LogP contribution in [0.2, 0.25) is 0 Å². The molecule has 1 amide bonds. The van der Waals surface area contributed by atoms with Gasteiger partial charge in [-0.25, -0.2) is 0 Å². The smallest absolute Gasteiger partial charge is 0.266 e. The summed E-state index contributed by atoms with van der Waals surface area (Å²) in [5, 5.41) is 2.00. The molecule has 13 heavy (non-hydrogen) atoms. The van der Waals surface area contributed by atoms with Gasteiger partial charge < -0.3 is 5.73 Å². The van der Waals surface area contributed by atoms with Crippen LogP contribution in [0, 0.1) is 0 Å². The zero-order chi connectivity index (χ0) is 9.26. The highest BCUT2D eigenvalue weighted by molar-refractivity contribution is 7.11. The Morgan fingerprint density at radius 3 is 3.00 bits per heavy atom. The molecule has 0 radical (unpaired) electrons. The third-order valence-electron chi connectivity index (χ3n) is 1.82. The molecule has 1 aliphatic heterocycles. The number of rotatable bonds is 2. The minimum atomic E-state index is -0.452. The molecular formula is C9H8N2OS. The first-order valence-corrected chi connectivity index (χ1v) is 4.74. The molecule has 0 aliphatic carbocycles. The maximum absolute atomic E-state index is 10.8. The van der Waals surface area contributed by atoms with Gasteiger partial charge in [0.1, 0.15) is 5.71 Å². The second-order valence-electron chi connectivity index (χ2n) is 2.71. The minimum Gasteiger partial charge on any atom is -0.364 e. The van der Waals surface area contributed by atoms with E-state index in [1.165, 1.54) is 0 Å². The maximum Gasteiger partial charge on any atom is 0.266 e. The number of hydrogen-bond donors (Lipinski definition) is 1. The maximum atomic E-state index is 10.8. The topological polar surface area (TPSA) is 55.5 Å². The van der Waals surface area contributed by atoms with Gasteiger partial charge in [-0.3, -0.25) is 9.79 Å². The molecule has 4 heteroatoms. The molecule has 0 spiro atoms. The quantitative estimate of drug-likeness (QED) is 0.748. The lowest BCUT2D eigenvalue weighted by Gasteiger charge is -1.92. The molecule has 1 aromatic rings. The van der Waals surface area contributed by atoms with E-state index in [-0.39, 0.29) is 0 Å². The van der Waals surface area contributed by atoms with Crippen molar-refractivity contribution in [2.75, 3.05) is 6.54 Å². The van der Waals surface area contributed by atoms with Crippen LogP contribution in [0.1, 0.15) is 4.88 Å². The van der Waals surface area contributed by atoms with Crippen molar-refractivity contribution >= 4 is 28.5 Å². The molecule has 1 aliphatic rings. The van der Waals surface area contributed by atoms with Crippen LogP contribution in [0.5, 0.6) is 0 Å². The van der Waals surface area contributed by atoms with Crippen LogP contribution in [0.25, 0.3) is 5.57 Å². The number of nitrogens with zero attached hydrogens (tertiary/aromatic N) is 1. The van der Waals surface area contributed by atoms with Crippen molar-refractivity contribution in [3.05, 3.63) is 28.5 Å². The Kier molecular flexibility index (Phi) is 1.98. The van der Waals surface area contributed by atoms with Gasteiger partial charge in [-0.1, -0.05) is 6.07 Å². The van der Waals surface area contributed by atoms with Crippen LogP contribution >= 0.6 is 11.3 Å². The molecule has 2 heterocycles. The third-order valence-corrected chi connectivity index (χ3v) is 2.77. The number of hydrogen-bond acceptors (Lipinski definition) is 3. The monoisotopic (exact) mass is 192 g/mol. The Morgan fingerprint density at radius 1 is 1.62 bits per heavy atom. The summed E-state index contributed by atoms with van der Waals surface area (Å²) in [5.74, 6) is -0.452. The standard InChI is InChI=1S/C9H8N2OS/c10-9(12)7-4-6(5-11-7)8-2-1-3-13-8/h1-4H,5H2,(H2,10,12). The van der Waals surface area contributed by atoms with E-state index in [4.69, 9.17) is 5.73 Å². The number of nitrogens with two attached hydrogens (primary N) is 1. The average molecular weight is 192 g/mol. The van der Waals surface area contributed by atoms with Gasteiger partial charge in [-0.05, 0) is 23.1 Å². The molecule has 3 nitrogen and oxygen atoms in total. The van der Waals surface area contributed by atoms with E-state index >= 15 is 0 Å². The molecule has 66 valence electrons. The summed E-state index contributed by atoms with van der Waals surface area (Å²) in [7, 11) is 0. The van der Waals surface area contributed by atoms with Crippen LogP contribution in [-0.4, -0.2) is 18.2 Å². The molecule has 0 saturated carbocycles. The second kappa shape index (κ2) is 3.14. The number of carbonyl (C=O) groups excluding carboxylic acids is 1. The van der Waals surface area contributed by atoms with E-state index in [0.717, 1.165) is 10.5 Å². The largest absolute Gasteiger partial charge is 0.364 e. The predicted octanol–water partition coefficient (Wildman–Crippen LogP) is 1.07. The van der Waals surface area contributed by atoms with Crippen LogP contribution in [0.3, 0.4) is 0 Å². The zero-order valence-corrected chi connectivity index (χ0v) is 7.67. The van der Waals surface area contributed by atoms with Crippen LogP contribution in [0.4, 0.5) is 0 Å². The molecule has 2 rings (SSSR count). The Labute approximate surface area is 79.6 Å². The van der Waals surface area contributed by atoms with Crippen molar-refractivity contribution in [3.63, 3.8) is 0 Å². The highest BCUT2D eigenvalue weighted by atomic mass is 32.1. The van der Waals surface area contributed by atoms with Gasteiger partial charge in [0.2, 0.25) is 0 Å². The third kappa shape index (κ3) is 1.53. The molecule has 0 bridgehead atoms. The van der Waals surface area contributed by atoms with Gasteiger partial charge >= 0.3 is 0 Å². The van der Waals surface area contributed by atoms with Crippen LogP contribution in [-0.2, 0) is 4.79 Å². The van der Waals surface area contributed by atoms with E-state index in [1.807, 2.05) is 17.5 Å². The van der Waals surface area contributed by atoms with Gasteiger partial charge in [0, 0.05) is 4.88 Å². The minimum absolute atomic E-state index is 0.378. The molecular weight excluding hydrogens is 184 g/mol. The molecule has 0 aromatic carbocycles. The van der Waals surface area contributed by atoms with E-state index in [9.17, 15) is 4.79 Å². The van der Waals surface area contributed by atoms with Crippen LogP contribution < -0.4 is 5.73 Å². The Balaban J connectivity index is 2.24. The number of amides is 1. The summed E-state index contributed by atoms with van der Waals surface area (Å²) in [6.45, 7) is 0.568. The fourth-order valence-corrected chi connectivity index (χ4v) is 1.92. The van der Waals surface area contributed by atoms with Gasteiger partial charge in [0.25, 0.3) is 5.91 Å². The predicted molar refractivity (Wildman–Crippen MR) is 53.8 cm³/mol. The molecule has 0 unspecified atom stereocenters. The van der Waals surface area contributed by atoms with Crippen molar-refractivity contribution in [2.45, 2.75) is 0 Å². The number of primary amides is 1. The Hall–Kier alpha value is -1.42.